The lowest BCUT2D eigenvalue weighted by atomic mass is 9.53. The molecule has 3 nitrogen and oxygen atoms in total. The van der Waals surface area contributed by atoms with E-state index in [9.17, 15) is 4.79 Å². The molecule has 4 fully saturated rings. The molecule has 136 valence electrons. The molecule has 0 spiro atoms. The summed E-state index contributed by atoms with van der Waals surface area (Å²) in [5.74, 6) is 3.41. The molecule has 1 aromatic carbocycles. The number of aryl methyl sites for hydroxylation is 2. The molecule has 0 aliphatic heterocycles. The second-order valence-electron chi connectivity index (χ2n) is 8.95. The second kappa shape index (κ2) is 6.34. The molecule has 3 heteroatoms. The fraction of sp³-hybridized carbons (Fsp3) is 0.682. The molecule has 4 bridgehead atoms. The van der Waals surface area contributed by atoms with Crippen LogP contribution in [0.5, 0.6) is 5.75 Å². The van der Waals surface area contributed by atoms with Crippen molar-refractivity contribution in [3.8, 4) is 5.75 Å². The van der Waals surface area contributed by atoms with Crippen molar-refractivity contribution in [2.45, 2.75) is 77.4 Å². The third kappa shape index (κ3) is 3.30. The van der Waals surface area contributed by atoms with E-state index in [-0.39, 0.29) is 11.4 Å². The smallest absolute Gasteiger partial charge is 0.261 e. The van der Waals surface area contributed by atoms with Crippen LogP contribution in [0.25, 0.3) is 0 Å². The maximum absolute atomic E-state index is 13.0. The molecule has 0 radical (unpaired) electrons. The third-order valence-electron chi connectivity index (χ3n) is 6.85. The first kappa shape index (κ1) is 16.9. The molecular formula is C22H31NO2. The zero-order chi connectivity index (χ0) is 17.6. The van der Waals surface area contributed by atoms with Crippen LogP contribution in [-0.2, 0) is 4.79 Å². The number of hydrogen-bond donors (Lipinski definition) is 1. The van der Waals surface area contributed by atoms with Gasteiger partial charge < -0.3 is 10.1 Å². The Morgan fingerprint density at radius 2 is 1.72 bits per heavy atom. The van der Waals surface area contributed by atoms with Crippen molar-refractivity contribution in [2.75, 3.05) is 0 Å². The molecule has 4 aliphatic carbocycles. The maximum Gasteiger partial charge on any atom is 0.261 e. The van der Waals surface area contributed by atoms with Crippen LogP contribution in [0.4, 0.5) is 0 Å². The molecule has 1 amide bonds. The average Bonchev–Trinajstić information content (AvgIpc) is 2.54. The predicted octanol–water partition coefficient (Wildman–Crippen LogP) is 4.55. The van der Waals surface area contributed by atoms with Crippen molar-refractivity contribution in [2.24, 2.45) is 17.8 Å². The number of ether oxygens (including phenoxy) is 1. The lowest BCUT2D eigenvalue weighted by molar-refractivity contribution is -0.134. The summed E-state index contributed by atoms with van der Waals surface area (Å²) < 4.78 is 6.06. The monoisotopic (exact) mass is 341 g/mol. The Bertz CT molecular complexity index is 631. The summed E-state index contributed by atoms with van der Waals surface area (Å²) >= 11 is 0. The van der Waals surface area contributed by atoms with E-state index in [0.717, 1.165) is 23.5 Å². The fourth-order valence-corrected chi connectivity index (χ4v) is 5.88. The highest BCUT2D eigenvalue weighted by molar-refractivity contribution is 5.82. The standard InChI is InChI=1S/C22H31NO2/c1-4-20(25-19-6-5-14(2)15(3)7-19)21(24)23-22-11-16-8-17(12-22)10-18(9-16)13-22/h5-7,16-18,20H,4,8-13H2,1-3H3,(H,23,24)/t16?,17?,18?,20-,22?/m0/s1. The number of amides is 1. The van der Waals surface area contributed by atoms with Gasteiger partial charge in [-0.3, -0.25) is 4.79 Å². The van der Waals surface area contributed by atoms with Gasteiger partial charge in [0.25, 0.3) is 5.91 Å². The molecule has 0 aromatic heterocycles. The zero-order valence-corrected chi connectivity index (χ0v) is 15.8. The summed E-state index contributed by atoms with van der Waals surface area (Å²) in [4.78, 5) is 13.0. The Hall–Kier alpha value is -1.51. The summed E-state index contributed by atoms with van der Waals surface area (Å²) in [6.45, 7) is 6.21. The van der Waals surface area contributed by atoms with Crippen molar-refractivity contribution >= 4 is 5.91 Å². The molecule has 4 aliphatic rings. The topological polar surface area (TPSA) is 38.3 Å². The van der Waals surface area contributed by atoms with E-state index in [1.807, 2.05) is 19.1 Å². The van der Waals surface area contributed by atoms with E-state index in [0.29, 0.717) is 6.42 Å². The summed E-state index contributed by atoms with van der Waals surface area (Å²) in [5.41, 5.74) is 2.51. The normalized spacial score (nSPS) is 34.0. The molecule has 0 unspecified atom stereocenters. The predicted molar refractivity (Wildman–Crippen MR) is 99.7 cm³/mol. The average molecular weight is 341 g/mol. The molecular weight excluding hydrogens is 310 g/mol. The number of benzene rings is 1. The molecule has 5 rings (SSSR count). The van der Waals surface area contributed by atoms with E-state index in [1.54, 1.807) is 0 Å². The van der Waals surface area contributed by atoms with Crippen LogP contribution in [0.3, 0.4) is 0 Å². The Balaban J connectivity index is 1.44. The van der Waals surface area contributed by atoms with Gasteiger partial charge in [-0.2, -0.15) is 0 Å². The lowest BCUT2D eigenvalue weighted by Crippen LogP contribution is -2.61. The van der Waals surface area contributed by atoms with Crippen LogP contribution in [0.2, 0.25) is 0 Å². The minimum atomic E-state index is -0.393. The van der Waals surface area contributed by atoms with Gasteiger partial charge in [-0.15, -0.1) is 0 Å². The number of rotatable bonds is 5. The van der Waals surface area contributed by atoms with Crippen molar-refractivity contribution in [1.82, 2.24) is 5.32 Å². The van der Waals surface area contributed by atoms with Crippen molar-refractivity contribution in [1.29, 1.82) is 0 Å². The van der Waals surface area contributed by atoms with Gasteiger partial charge in [-0.1, -0.05) is 13.0 Å². The summed E-state index contributed by atoms with van der Waals surface area (Å²) in [6.07, 6.45) is 8.05. The van der Waals surface area contributed by atoms with E-state index in [4.69, 9.17) is 4.74 Å². The quantitative estimate of drug-likeness (QED) is 0.853. The van der Waals surface area contributed by atoms with Gasteiger partial charge in [0.05, 0.1) is 0 Å². The SMILES string of the molecule is CC[C@H](Oc1ccc(C)c(C)c1)C(=O)NC12CC3CC(CC(C3)C1)C2. The van der Waals surface area contributed by atoms with Crippen LogP contribution < -0.4 is 10.1 Å². The Kier molecular flexibility index (Phi) is 4.29. The lowest BCUT2D eigenvalue weighted by Gasteiger charge is -2.57. The van der Waals surface area contributed by atoms with Gasteiger partial charge in [0, 0.05) is 5.54 Å². The number of hydrogen-bond acceptors (Lipinski definition) is 2. The first-order valence-corrected chi connectivity index (χ1v) is 10.0. The van der Waals surface area contributed by atoms with E-state index in [2.05, 4.69) is 25.2 Å². The van der Waals surface area contributed by atoms with Gasteiger partial charge in [-0.25, -0.2) is 0 Å². The van der Waals surface area contributed by atoms with Gasteiger partial charge in [-0.05, 0) is 99.8 Å². The van der Waals surface area contributed by atoms with Gasteiger partial charge >= 0.3 is 0 Å². The van der Waals surface area contributed by atoms with E-state index < -0.39 is 6.10 Å². The van der Waals surface area contributed by atoms with Crippen LogP contribution in [0.15, 0.2) is 18.2 Å². The fourth-order valence-electron chi connectivity index (χ4n) is 5.88. The van der Waals surface area contributed by atoms with E-state index >= 15 is 0 Å². The first-order chi connectivity index (χ1) is 12.0. The first-order valence-electron chi connectivity index (χ1n) is 10.0. The maximum atomic E-state index is 13.0. The highest BCUT2D eigenvalue weighted by atomic mass is 16.5. The number of carbonyl (C=O) groups excluding carboxylic acids is 1. The minimum absolute atomic E-state index is 0.0613. The van der Waals surface area contributed by atoms with Crippen LogP contribution in [-0.4, -0.2) is 17.6 Å². The summed E-state index contributed by atoms with van der Waals surface area (Å²) in [5, 5.41) is 3.46. The molecule has 1 atom stereocenters. The number of carbonyl (C=O) groups is 1. The summed E-state index contributed by atoms with van der Waals surface area (Å²) in [7, 11) is 0. The molecule has 1 aromatic rings. The van der Waals surface area contributed by atoms with Crippen molar-refractivity contribution < 1.29 is 9.53 Å². The van der Waals surface area contributed by atoms with Crippen molar-refractivity contribution in [3.63, 3.8) is 0 Å². The largest absolute Gasteiger partial charge is 0.481 e. The molecule has 0 heterocycles. The Morgan fingerprint density at radius 3 is 2.24 bits per heavy atom. The minimum Gasteiger partial charge on any atom is -0.481 e. The number of nitrogens with one attached hydrogen (secondary N) is 1. The summed E-state index contributed by atoms with van der Waals surface area (Å²) in [6, 6.07) is 6.08. The third-order valence-corrected chi connectivity index (χ3v) is 6.85. The van der Waals surface area contributed by atoms with Gasteiger partial charge in [0.1, 0.15) is 5.75 Å². The Morgan fingerprint density at radius 1 is 1.12 bits per heavy atom. The van der Waals surface area contributed by atoms with Gasteiger partial charge in [0.2, 0.25) is 0 Å². The molecule has 0 saturated heterocycles. The second-order valence-corrected chi connectivity index (χ2v) is 8.95. The van der Waals surface area contributed by atoms with Gasteiger partial charge in [0.15, 0.2) is 6.10 Å². The molecule has 4 saturated carbocycles. The molecule has 1 N–H and O–H groups in total. The van der Waals surface area contributed by atoms with Crippen LogP contribution in [0, 0.1) is 31.6 Å². The van der Waals surface area contributed by atoms with Crippen molar-refractivity contribution in [3.05, 3.63) is 29.3 Å². The highest BCUT2D eigenvalue weighted by Gasteiger charge is 2.51. The van der Waals surface area contributed by atoms with E-state index in [1.165, 1.54) is 49.7 Å². The van der Waals surface area contributed by atoms with Crippen LogP contribution in [0.1, 0.15) is 63.0 Å². The highest BCUT2D eigenvalue weighted by Crippen LogP contribution is 2.55. The Labute approximate surface area is 151 Å². The van der Waals surface area contributed by atoms with Crippen LogP contribution >= 0.6 is 0 Å². The molecule has 25 heavy (non-hydrogen) atoms. The zero-order valence-electron chi connectivity index (χ0n) is 15.8.